The summed E-state index contributed by atoms with van der Waals surface area (Å²) in [5.74, 6) is 1.96. The first-order valence-electron chi connectivity index (χ1n) is 9.88. The van der Waals surface area contributed by atoms with Crippen LogP contribution in [0.15, 0.2) is 24.3 Å². The van der Waals surface area contributed by atoms with Crippen molar-refractivity contribution in [3.8, 4) is 5.75 Å². The minimum atomic E-state index is 0.0652. The van der Waals surface area contributed by atoms with Crippen LogP contribution in [0, 0.1) is 11.8 Å². The number of likely N-dealkylation sites (tertiary alicyclic amines) is 1. The quantitative estimate of drug-likeness (QED) is 0.887. The SMILES string of the molecule is COc1ccc2cc(C(=O)N3CC4CC(C3)[C@H]3CCCC(=O)N3C4)[nH]c2c1. The van der Waals surface area contributed by atoms with Crippen molar-refractivity contribution < 1.29 is 14.3 Å². The summed E-state index contributed by atoms with van der Waals surface area (Å²) < 4.78 is 5.27. The number of nitrogens with zero attached hydrogens (tertiary/aromatic N) is 2. The van der Waals surface area contributed by atoms with E-state index in [-0.39, 0.29) is 5.91 Å². The fourth-order valence-electron chi connectivity index (χ4n) is 5.29. The Labute approximate surface area is 158 Å². The summed E-state index contributed by atoms with van der Waals surface area (Å²) in [5, 5.41) is 1.01. The molecule has 3 aliphatic rings. The van der Waals surface area contributed by atoms with E-state index >= 15 is 0 Å². The van der Waals surface area contributed by atoms with E-state index in [2.05, 4.69) is 9.88 Å². The van der Waals surface area contributed by atoms with Gasteiger partial charge in [-0.15, -0.1) is 0 Å². The molecular weight excluding hydrogens is 342 g/mol. The molecule has 1 N–H and O–H groups in total. The predicted octanol–water partition coefficient (Wildman–Crippen LogP) is 2.65. The van der Waals surface area contributed by atoms with Crippen LogP contribution in [0.5, 0.6) is 5.75 Å². The van der Waals surface area contributed by atoms with Crippen molar-refractivity contribution >= 4 is 22.7 Å². The number of piperidine rings is 3. The Morgan fingerprint density at radius 2 is 2.11 bits per heavy atom. The fourth-order valence-corrected chi connectivity index (χ4v) is 5.29. The van der Waals surface area contributed by atoms with Crippen LogP contribution in [0.4, 0.5) is 0 Å². The van der Waals surface area contributed by atoms with Gasteiger partial charge in [-0.25, -0.2) is 0 Å². The Morgan fingerprint density at radius 1 is 1.22 bits per heavy atom. The van der Waals surface area contributed by atoms with Crippen molar-refractivity contribution in [2.45, 2.75) is 31.7 Å². The molecule has 3 aliphatic heterocycles. The number of hydrogen-bond donors (Lipinski definition) is 1. The number of nitrogens with one attached hydrogen (secondary N) is 1. The number of carbonyl (C=O) groups excluding carboxylic acids is 2. The smallest absolute Gasteiger partial charge is 0.270 e. The summed E-state index contributed by atoms with van der Waals surface area (Å²) in [6, 6.07) is 8.05. The van der Waals surface area contributed by atoms with Gasteiger partial charge in [-0.3, -0.25) is 9.59 Å². The largest absolute Gasteiger partial charge is 0.497 e. The van der Waals surface area contributed by atoms with Crippen LogP contribution in [0.2, 0.25) is 0 Å². The van der Waals surface area contributed by atoms with Gasteiger partial charge in [-0.05, 0) is 49.3 Å². The molecule has 4 heterocycles. The number of H-pyrrole nitrogens is 1. The lowest BCUT2D eigenvalue weighted by Gasteiger charge is -2.52. The summed E-state index contributed by atoms with van der Waals surface area (Å²) in [7, 11) is 1.64. The molecular formula is C21H25N3O3. The van der Waals surface area contributed by atoms with E-state index in [9.17, 15) is 9.59 Å². The third-order valence-electron chi connectivity index (χ3n) is 6.53. The van der Waals surface area contributed by atoms with E-state index in [1.54, 1.807) is 7.11 Å². The lowest BCUT2D eigenvalue weighted by atomic mass is 9.76. The molecule has 2 bridgehead atoms. The summed E-state index contributed by atoms with van der Waals surface area (Å²) >= 11 is 0. The molecule has 142 valence electrons. The fraction of sp³-hybridized carbons (Fsp3) is 0.524. The number of carbonyl (C=O) groups is 2. The topological polar surface area (TPSA) is 65.6 Å². The van der Waals surface area contributed by atoms with Gasteiger partial charge in [0.25, 0.3) is 5.91 Å². The molecule has 3 saturated heterocycles. The van der Waals surface area contributed by atoms with E-state index < -0.39 is 0 Å². The van der Waals surface area contributed by atoms with Gasteiger partial charge in [0.1, 0.15) is 11.4 Å². The minimum Gasteiger partial charge on any atom is -0.497 e. The number of methoxy groups -OCH3 is 1. The lowest BCUT2D eigenvalue weighted by Crippen LogP contribution is -2.61. The van der Waals surface area contributed by atoms with Gasteiger partial charge < -0.3 is 19.5 Å². The lowest BCUT2D eigenvalue weighted by molar-refractivity contribution is -0.144. The Balaban J connectivity index is 1.38. The highest BCUT2D eigenvalue weighted by atomic mass is 16.5. The highest BCUT2D eigenvalue weighted by Gasteiger charge is 2.44. The van der Waals surface area contributed by atoms with Crippen molar-refractivity contribution in [1.29, 1.82) is 0 Å². The van der Waals surface area contributed by atoms with E-state index in [1.165, 1.54) is 0 Å². The number of fused-ring (bicyclic) bond motifs is 5. The second kappa shape index (κ2) is 6.29. The third kappa shape index (κ3) is 2.78. The molecule has 2 amide bonds. The first-order valence-corrected chi connectivity index (χ1v) is 9.88. The van der Waals surface area contributed by atoms with Crippen LogP contribution in [0.25, 0.3) is 10.9 Å². The molecule has 3 fully saturated rings. The zero-order valence-corrected chi connectivity index (χ0v) is 15.6. The second-order valence-electron chi connectivity index (χ2n) is 8.21. The highest BCUT2D eigenvalue weighted by molar-refractivity contribution is 5.98. The Kier molecular flexibility index (Phi) is 3.88. The number of ether oxygens (including phenoxy) is 1. The molecule has 2 unspecified atom stereocenters. The summed E-state index contributed by atoms with van der Waals surface area (Å²) in [4.78, 5) is 32.8. The molecule has 0 saturated carbocycles. The zero-order chi connectivity index (χ0) is 18.5. The zero-order valence-electron chi connectivity index (χ0n) is 15.6. The maximum atomic E-state index is 13.2. The number of amides is 2. The highest BCUT2D eigenvalue weighted by Crippen LogP contribution is 2.38. The predicted molar refractivity (Wildman–Crippen MR) is 102 cm³/mol. The number of hydrogen-bond acceptors (Lipinski definition) is 3. The van der Waals surface area contributed by atoms with Crippen molar-refractivity contribution in [2.75, 3.05) is 26.7 Å². The first-order chi connectivity index (χ1) is 13.1. The maximum absolute atomic E-state index is 13.2. The average molecular weight is 367 g/mol. The van der Waals surface area contributed by atoms with Gasteiger partial charge in [0.15, 0.2) is 0 Å². The molecule has 3 atom stereocenters. The van der Waals surface area contributed by atoms with Crippen LogP contribution in [0.3, 0.4) is 0 Å². The van der Waals surface area contributed by atoms with Gasteiger partial charge in [0, 0.05) is 49.1 Å². The van der Waals surface area contributed by atoms with E-state index in [0.29, 0.717) is 35.9 Å². The Bertz CT molecular complexity index is 905. The van der Waals surface area contributed by atoms with Crippen LogP contribution in [0.1, 0.15) is 36.2 Å². The van der Waals surface area contributed by atoms with Gasteiger partial charge in [0.2, 0.25) is 5.91 Å². The van der Waals surface area contributed by atoms with Crippen molar-refractivity contribution in [2.24, 2.45) is 11.8 Å². The monoisotopic (exact) mass is 367 g/mol. The molecule has 1 aromatic heterocycles. The normalized spacial score (nSPS) is 27.6. The van der Waals surface area contributed by atoms with E-state index in [4.69, 9.17) is 4.74 Å². The van der Waals surface area contributed by atoms with Crippen molar-refractivity contribution in [1.82, 2.24) is 14.8 Å². The van der Waals surface area contributed by atoms with Gasteiger partial charge >= 0.3 is 0 Å². The summed E-state index contributed by atoms with van der Waals surface area (Å²) in [6.45, 7) is 2.31. The standard InChI is InChI=1S/C21H25N3O3/c1-27-16-6-5-14-8-18(22-17(14)9-16)21(26)23-10-13-7-15(12-23)19-3-2-4-20(25)24(19)11-13/h5-6,8-9,13,15,19,22H,2-4,7,10-12H2,1H3/t13?,15?,19-/m1/s1. The van der Waals surface area contributed by atoms with Crippen LogP contribution < -0.4 is 4.74 Å². The van der Waals surface area contributed by atoms with E-state index in [1.807, 2.05) is 29.2 Å². The molecule has 0 spiro atoms. The molecule has 6 heteroatoms. The number of aromatic nitrogens is 1. The Morgan fingerprint density at radius 3 is 2.96 bits per heavy atom. The molecule has 0 radical (unpaired) electrons. The number of benzene rings is 1. The van der Waals surface area contributed by atoms with E-state index in [0.717, 1.165) is 55.5 Å². The molecule has 27 heavy (non-hydrogen) atoms. The van der Waals surface area contributed by atoms with Crippen molar-refractivity contribution in [3.63, 3.8) is 0 Å². The van der Waals surface area contributed by atoms with Crippen LogP contribution >= 0.6 is 0 Å². The maximum Gasteiger partial charge on any atom is 0.270 e. The molecule has 6 nitrogen and oxygen atoms in total. The molecule has 2 aromatic rings. The average Bonchev–Trinajstić information content (AvgIpc) is 3.11. The number of rotatable bonds is 2. The molecule has 1 aromatic carbocycles. The molecule has 0 aliphatic carbocycles. The van der Waals surface area contributed by atoms with Gasteiger partial charge in [-0.1, -0.05) is 0 Å². The summed E-state index contributed by atoms with van der Waals surface area (Å²) in [6.07, 6.45) is 3.90. The minimum absolute atomic E-state index is 0.0652. The second-order valence-corrected chi connectivity index (χ2v) is 8.21. The first kappa shape index (κ1) is 16.7. The van der Waals surface area contributed by atoms with Gasteiger partial charge in [0.05, 0.1) is 7.11 Å². The van der Waals surface area contributed by atoms with Crippen LogP contribution in [-0.2, 0) is 4.79 Å². The molecule has 5 rings (SSSR count). The van der Waals surface area contributed by atoms with Crippen molar-refractivity contribution in [3.05, 3.63) is 30.0 Å². The van der Waals surface area contributed by atoms with Crippen LogP contribution in [-0.4, -0.2) is 59.4 Å². The van der Waals surface area contributed by atoms with Gasteiger partial charge in [-0.2, -0.15) is 0 Å². The Hall–Kier alpha value is -2.50. The number of aromatic amines is 1. The third-order valence-corrected chi connectivity index (χ3v) is 6.53. The summed E-state index contributed by atoms with van der Waals surface area (Å²) in [5.41, 5.74) is 1.55.